The first kappa shape index (κ1) is 15.9. The maximum atomic E-state index is 12.3. The maximum absolute atomic E-state index is 12.3. The fourth-order valence-electron chi connectivity index (χ4n) is 3.25. The van der Waals surface area contributed by atoms with Crippen LogP contribution >= 0.6 is 11.3 Å². The molecule has 5 nitrogen and oxygen atoms in total. The van der Waals surface area contributed by atoms with Crippen molar-refractivity contribution in [1.82, 2.24) is 9.88 Å². The van der Waals surface area contributed by atoms with Gasteiger partial charge in [0.2, 0.25) is 11.8 Å². The Kier molecular flexibility index (Phi) is 5.33. The summed E-state index contributed by atoms with van der Waals surface area (Å²) < 4.78 is 0. The van der Waals surface area contributed by atoms with Gasteiger partial charge in [-0.1, -0.05) is 20.3 Å². The van der Waals surface area contributed by atoms with Crippen molar-refractivity contribution in [2.45, 2.75) is 51.5 Å². The smallest absolute Gasteiger partial charge is 0.240 e. The summed E-state index contributed by atoms with van der Waals surface area (Å²) in [6.45, 7) is 4.76. The third-order valence-electron chi connectivity index (χ3n) is 4.22. The molecule has 6 heteroatoms. The van der Waals surface area contributed by atoms with Gasteiger partial charge in [-0.2, -0.15) is 0 Å². The Morgan fingerprint density at radius 2 is 2.33 bits per heavy atom. The largest absolute Gasteiger partial charge is 0.368 e. The van der Waals surface area contributed by atoms with Crippen molar-refractivity contribution in [3.05, 3.63) is 16.6 Å². The summed E-state index contributed by atoms with van der Waals surface area (Å²) in [5, 5.41) is 1.94. The topological polar surface area (TPSA) is 76.3 Å². The van der Waals surface area contributed by atoms with E-state index in [9.17, 15) is 9.59 Å². The number of likely N-dealkylation sites (tertiary alicyclic amines) is 1. The molecule has 2 amide bonds. The van der Waals surface area contributed by atoms with E-state index in [1.807, 2.05) is 12.3 Å². The van der Waals surface area contributed by atoms with E-state index in [2.05, 4.69) is 11.9 Å². The molecule has 21 heavy (non-hydrogen) atoms. The van der Waals surface area contributed by atoms with E-state index in [-0.39, 0.29) is 11.8 Å². The molecule has 0 bridgehead atoms. The molecular formula is C15H23N3O2S. The van der Waals surface area contributed by atoms with Crippen molar-refractivity contribution < 1.29 is 9.59 Å². The van der Waals surface area contributed by atoms with Gasteiger partial charge in [-0.25, -0.2) is 4.98 Å². The minimum absolute atomic E-state index is 0.0472. The predicted octanol–water partition coefficient (Wildman–Crippen LogP) is 2.14. The minimum Gasteiger partial charge on any atom is -0.368 e. The average molecular weight is 309 g/mol. The maximum Gasteiger partial charge on any atom is 0.240 e. The summed E-state index contributed by atoms with van der Waals surface area (Å²) in [7, 11) is 0. The summed E-state index contributed by atoms with van der Waals surface area (Å²) in [4.78, 5) is 30.3. The average Bonchev–Trinajstić information content (AvgIpc) is 3.06. The lowest BCUT2D eigenvalue weighted by Crippen LogP contribution is -2.49. The van der Waals surface area contributed by atoms with Crippen LogP contribution < -0.4 is 5.73 Å². The van der Waals surface area contributed by atoms with Crippen molar-refractivity contribution in [3.8, 4) is 0 Å². The molecule has 0 aliphatic carbocycles. The van der Waals surface area contributed by atoms with E-state index in [1.54, 1.807) is 10.4 Å². The Bertz CT molecular complexity index is 489. The number of nitrogens with two attached hydrogens (primary N) is 1. The predicted molar refractivity (Wildman–Crippen MR) is 82.9 cm³/mol. The molecule has 1 aliphatic rings. The molecule has 0 saturated carbocycles. The lowest BCUT2D eigenvalue weighted by Gasteiger charge is -2.31. The van der Waals surface area contributed by atoms with E-state index in [0.717, 1.165) is 25.0 Å². The van der Waals surface area contributed by atoms with Crippen molar-refractivity contribution in [1.29, 1.82) is 0 Å². The number of hydrogen-bond donors (Lipinski definition) is 1. The molecule has 2 rings (SSSR count). The van der Waals surface area contributed by atoms with Crippen molar-refractivity contribution >= 4 is 23.2 Å². The third-order valence-corrected chi connectivity index (χ3v) is 4.82. The van der Waals surface area contributed by atoms with Crippen molar-refractivity contribution in [2.24, 2.45) is 11.7 Å². The molecule has 3 unspecified atom stereocenters. The summed E-state index contributed by atoms with van der Waals surface area (Å²) in [6, 6.07) is -0.577. The lowest BCUT2D eigenvalue weighted by molar-refractivity contribution is -0.137. The van der Waals surface area contributed by atoms with Crippen molar-refractivity contribution in [2.75, 3.05) is 6.54 Å². The number of amides is 2. The molecule has 0 radical (unpaired) electrons. The number of primary amides is 1. The highest BCUT2D eigenvalue weighted by Crippen LogP contribution is 2.32. The standard InChI is InChI=1S/C15H23N3O2S/c1-3-5-10-6-13(19)18(7-10)14(15(16)20)11(4-2)12-8-21-9-17-12/h8-11,14H,3-7H2,1-2H3,(H2,16,20). The molecule has 1 fully saturated rings. The second-order valence-electron chi connectivity index (χ2n) is 5.68. The summed E-state index contributed by atoms with van der Waals surface area (Å²) in [5.41, 5.74) is 8.23. The molecule has 116 valence electrons. The van der Waals surface area contributed by atoms with E-state index < -0.39 is 11.9 Å². The Balaban J connectivity index is 2.22. The first-order chi connectivity index (χ1) is 10.1. The zero-order valence-corrected chi connectivity index (χ0v) is 13.4. The van der Waals surface area contributed by atoms with Crippen LogP contribution in [-0.2, 0) is 9.59 Å². The van der Waals surface area contributed by atoms with Gasteiger partial charge in [-0.05, 0) is 18.8 Å². The number of nitrogens with zero attached hydrogens (tertiary/aromatic N) is 2. The number of hydrogen-bond acceptors (Lipinski definition) is 4. The van der Waals surface area contributed by atoms with E-state index >= 15 is 0 Å². The minimum atomic E-state index is -0.577. The summed E-state index contributed by atoms with van der Waals surface area (Å²) >= 11 is 1.50. The molecule has 3 atom stereocenters. The van der Waals surface area contributed by atoms with Crippen LogP contribution in [0.25, 0.3) is 0 Å². The zero-order chi connectivity index (χ0) is 15.4. The number of carbonyl (C=O) groups excluding carboxylic acids is 2. The first-order valence-corrected chi connectivity index (χ1v) is 8.49. The van der Waals surface area contributed by atoms with Gasteiger partial charge in [0.25, 0.3) is 0 Å². The second kappa shape index (κ2) is 7.02. The van der Waals surface area contributed by atoms with Crippen LogP contribution in [0.15, 0.2) is 10.9 Å². The quantitative estimate of drug-likeness (QED) is 0.838. The summed E-state index contributed by atoms with van der Waals surface area (Å²) in [6.07, 6.45) is 3.34. The van der Waals surface area contributed by atoms with Crippen LogP contribution in [0, 0.1) is 5.92 Å². The molecule has 1 aromatic heterocycles. The molecule has 2 N–H and O–H groups in total. The van der Waals surface area contributed by atoms with Crippen LogP contribution in [0.1, 0.15) is 51.1 Å². The molecule has 2 heterocycles. The zero-order valence-electron chi connectivity index (χ0n) is 12.6. The van der Waals surface area contributed by atoms with Gasteiger partial charge in [-0.3, -0.25) is 9.59 Å². The Morgan fingerprint density at radius 3 is 2.86 bits per heavy atom. The molecular weight excluding hydrogens is 286 g/mol. The molecule has 1 aromatic rings. The van der Waals surface area contributed by atoms with Crippen LogP contribution in [0.5, 0.6) is 0 Å². The van der Waals surface area contributed by atoms with Crippen LogP contribution in [0.3, 0.4) is 0 Å². The fourth-order valence-corrected chi connectivity index (χ4v) is 3.87. The van der Waals surface area contributed by atoms with Crippen LogP contribution in [-0.4, -0.2) is 34.3 Å². The van der Waals surface area contributed by atoms with E-state index in [1.165, 1.54) is 11.3 Å². The molecule has 0 spiro atoms. The van der Waals surface area contributed by atoms with Crippen LogP contribution in [0.4, 0.5) is 0 Å². The van der Waals surface area contributed by atoms with Gasteiger partial charge in [0.05, 0.1) is 11.2 Å². The van der Waals surface area contributed by atoms with Gasteiger partial charge >= 0.3 is 0 Å². The van der Waals surface area contributed by atoms with Gasteiger partial charge in [-0.15, -0.1) is 11.3 Å². The highest BCUT2D eigenvalue weighted by molar-refractivity contribution is 7.07. The van der Waals surface area contributed by atoms with E-state index in [0.29, 0.717) is 18.9 Å². The Morgan fingerprint density at radius 1 is 1.57 bits per heavy atom. The second-order valence-corrected chi connectivity index (χ2v) is 6.40. The fraction of sp³-hybridized carbons (Fsp3) is 0.667. The van der Waals surface area contributed by atoms with Crippen LogP contribution in [0.2, 0.25) is 0 Å². The van der Waals surface area contributed by atoms with Gasteiger partial charge < -0.3 is 10.6 Å². The number of rotatable bonds is 7. The molecule has 1 saturated heterocycles. The Labute approximate surface area is 129 Å². The highest BCUT2D eigenvalue weighted by Gasteiger charge is 2.40. The monoisotopic (exact) mass is 309 g/mol. The van der Waals surface area contributed by atoms with Gasteiger partial charge in [0.15, 0.2) is 0 Å². The first-order valence-electron chi connectivity index (χ1n) is 7.55. The van der Waals surface area contributed by atoms with Gasteiger partial charge in [0, 0.05) is 24.3 Å². The Hall–Kier alpha value is -1.43. The number of carbonyl (C=O) groups is 2. The number of aromatic nitrogens is 1. The summed E-state index contributed by atoms with van der Waals surface area (Å²) in [5.74, 6) is -0.151. The molecule has 1 aliphatic heterocycles. The number of thiazole rings is 1. The van der Waals surface area contributed by atoms with Crippen molar-refractivity contribution in [3.63, 3.8) is 0 Å². The normalized spacial score (nSPS) is 21.5. The van der Waals surface area contributed by atoms with E-state index in [4.69, 9.17) is 5.73 Å². The lowest BCUT2D eigenvalue weighted by atomic mass is 9.92. The van der Waals surface area contributed by atoms with Gasteiger partial charge in [0.1, 0.15) is 6.04 Å². The highest BCUT2D eigenvalue weighted by atomic mass is 32.1. The molecule has 0 aromatic carbocycles. The third kappa shape index (κ3) is 3.43. The SMILES string of the molecule is CCCC1CC(=O)N(C(C(N)=O)C(CC)c2cscn2)C1.